The van der Waals surface area contributed by atoms with Crippen LogP contribution in [0.25, 0.3) is 5.69 Å². The molecule has 1 saturated heterocycles. The van der Waals surface area contributed by atoms with Crippen LogP contribution in [-0.2, 0) is 10.0 Å². The summed E-state index contributed by atoms with van der Waals surface area (Å²) in [4.78, 5) is 14.7. The summed E-state index contributed by atoms with van der Waals surface area (Å²) in [6.45, 7) is 5.76. The molecule has 0 N–H and O–H groups in total. The largest absolute Gasteiger partial charge is 0.493 e. The molecule has 0 unspecified atom stereocenters. The molecule has 186 valence electrons. The Labute approximate surface area is 205 Å². The molecule has 2 heterocycles. The van der Waals surface area contributed by atoms with Crippen LogP contribution in [0.3, 0.4) is 0 Å². The molecule has 9 nitrogen and oxygen atoms in total. The highest BCUT2D eigenvalue weighted by Gasteiger charge is 2.28. The second-order valence-corrected chi connectivity index (χ2v) is 10.4. The molecule has 10 heteroatoms. The molecule has 1 fully saturated rings. The van der Waals surface area contributed by atoms with Gasteiger partial charge in [-0.25, -0.2) is 8.42 Å². The summed E-state index contributed by atoms with van der Waals surface area (Å²) >= 11 is 0. The third-order valence-corrected chi connectivity index (χ3v) is 8.19. The number of anilines is 1. The van der Waals surface area contributed by atoms with E-state index in [9.17, 15) is 13.2 Å². The molecule has 0 spiro atoms. The predicted octanol–water partition coefficient (Wildman–Crippen LogP) is 2.77. The van der Waals surface area contributed by atoms with Crippen molar-refractivity contribution in [1.82, 2.24) is 14.1 Å². The number of aromatic nitrogens is 2. The van der Waals surface area contributed by atoms with E-state index < -0.39 is 10.0 Å². The molecule has 0 aliphatic carbocycles. The molecule has 1 aromatic heterocycles. The third-order valence-electron chi connectivity index (χ3n) is 6.29. The summed E-state index contributed by atoms with van der Waals surface area (Å²) in [5, 5.41) is 4.60. The Kier molecular flexibility index (Phi) is 7.13. The van der Waals surface area contributed by atoms with E-state index in [0.29, 0.717) is 55.6 Å². The standard InChI is InChI=1S/C25H30N4O5S/c1-18-6-7-20(16-19(18)2)29-25(30)11-10-24(26-29)27-12-5-13-28(15-14-27)35(31,32)21-8-9-22(33-3)23(17-21)34-4/h6-11,16-17H,5,12-15H2,1-4H3. The zero-order valence-corrected chi connectivity index (χ0v) is 21.2. The van der Waals surface area contributed by atoms with E-state index in [2.05, 4.69) is 5.10 Å². The first-order chi connectivity index (χ1) is 16.7. The predicted molar refractivity (Wildman–Crippen MR) is 134 cm³/mol. The van der Waals surface area contributed by atoms with Crippen molar-refractivity contribution >= 4 is 15.8 Å². The van der Waals surface area contributed by atoms with E-state index in [1.165, 1.54) is 41.4 Å². The monoisotopic (exact) mass is 498 g/mol. The second kappa shape index (κ2) is 10.1. The smallest absolute Gasteiger partial charge is 0.271 e. The summed E-state index contributed by atoms with van der Waals surface area (Å²) < 4.78 is 40.1. The third kappa shape index (κ3) is 5.03. The molecule has 0 atom stereocenters. The van der Waals surface area contributed by atoms with Crippen LogP contribution in [0.15, 0.2) is 58.2 Å². The van der Waals surface area contributed by atoms with Crippen molar-refractivity contribution in [3.8, 4) is 17.2 Å². The topological polar surface area (TPSA) is 94.0 Å². The van der Waals surface area contributed by atoms with Crippen LogP contribution in [-0.4, -0.2) is 62.9 Å². The maximum absolute atomic E-state index is 13.3. The minimum Gasteiger partial charge on any atom is -0.493 e. The van der Waals surface area contributed by atoms with E-state index in [1.807, 2.05) is 36.9 Å². The van der Waals surface area contributed by atoms with Gasteiger partial charge in [0.2, 0.25) is 10.0 Å². The van der Waals surface area contributed by atoms with E-state index in [-0.39, 0.29) is 10.5 Å². The zero-order valence-electron chi connectivity index (χ0n) is 20.4. The van der Waals surface area contributed by atoms with E-state index in [1.54, 1.807) is 12.1 Å². The zero-order chi connectivity index (χ0) is 25.2. The lowest BCUT2D eigenvalue weighted by molar-refractivity contribution is 0.353. The Balaban J connectivity index is 1.56. The summed E-state index contributed by atoms with van der Waals surface area (Å²) in [5.41, 5.74) is 2.70. The van der Waals surface area contributed by atoms with Crippen molar-refractivity contribution < 1.29 is 17.9 Å². The van der Waals surface area contributed by atoms with Gasteiger partial charge in [-0.2, -0.15) is 8.99 Å². The van der Waals surface area contributed by atoms with Gasteiger partial charge in [0.1, 0.15) is 5.82 Å². The van der Waals surface area contributed by atoms with Crippen molar-refractivity contribution in [2.24, 2.45) is 0 Å². The number of ether oxygens (including phenoxy) is 2. The maximum atomic E-state index is 13.3. The van der Waals surface area contributed by atoms with Crippen molar-refractivity contribution in [2.75, 3.05) is 45.3 Å². The lowest BCUT2D eigenvalue weighted by Crippen LogP contribution is -2.36. The molecule has 0 bridgehead atoms. The quantitative estimate of drug-likeness (QED) is 0.516. The number of rotatable bonds is 6. The molecule has 0 amide bonds. The summed E-state index contributed by atoms with van der Waals surface area (Å²) in [6, 6.07) is 13.6. The van der Waals surface area contributed by atoms with Gasteiger partial charge in [0, 0.05) is 38.3 Å². The fourth-order valence-corrected chi connectivity index (χ4v) is 5.59. The fraction of sp³-hybridized carbons (Fsp3) is 0.360. The van der Waals surface area contributed by atoms with Crippen LogP contribution in [0.1, 0.15) is 17.5 Å². The summed E-state index contributed by atoms with van der Waals surface area (Å²) in [7, 11) is -0.739. The lowest BCUT2D eigenvalue weighted by Gasteiger charge is -2.23. The molecule has 4 rings (SSSR count). The van der Waals surface area contributed by atoms with Gasteiger partial charge in [0.15, 0.2) is 11.5 Å². The van der Waals surface area contributed by atoms with E-state index >= 15 is 0 Å². The first-order valence-corrected chi connectivity index (χ1v) is 12.8. The Bertz CT molecular complexity index is 1390. The van der Waals surface area contributed by atoms with Crippen LogP contribution in [0.5, 0.6) is 11.5 Å². The number of methoxy groups -OCH3 is 2. The minimum atomic E-state index is -3.72. The second-order valence-electron chi connectivity index (χ2n) is 8.47. The van der Waals surface area contributed by atoms with Crippen LogP contribution in [0.4, 0.5) is 5.82 Å². The van der Waals surface area contributed by atoms with Crippen molar-refractivity contribution in [3.63, 3.8) is 0 Å². The average molecular weight is 499 g/mol. The molecule has 3 aromatic rings. The number of nitrogens with zero attached hydrogens (tertiary/aromatic N) is 4. The number of sulfonamides is 1. The molecule has 1 aliphatic rings. The van der Waals surface area contributed by atoms with Gasteiger partial charge in [-0.05, 0) is 61.7 Å². The maximum Gasteiger partial charge on any atom is 0.271 e. The molecular weight excluding hydrogens is 468 g/mol. The van der Waals surface area contributed by atoms with Crippen LogP contribution in [0.2, 0.25) is 0 Å². The molecule has 35 heavy (non-hydrogen) atoms. The first kappa shape index (κ1) is 24.7. The first-order valence-electron chi connectivity index (χ1n) is 11.4. The molecular formula is C25H30N4O5S. The molecule has 2 aromatic carbocycles. The van der Waals surface area contributed by atoms with Crippen molar-refractivity contribution in [1.29, 1.82) is 0 Å². The van der Waals surface area contributed by atoms with Crippen molar-refractivity contribution in [2.45, 2.75) is 25.2 Å². The van der Waals surface area contributed by atoms with Crippen LogP contribution in [0, 0.1) is 13.8 Å². The number of hydrogen-bond donors (Lipinski definition) is 0. The van der Waals surface area contributed by atoms with Gasteiger partial charge >= 0.3 is 0 Å². The average Bonchev–Trinajstić information content (AvgIpc) is 3.12. The van der Waals surface area contributed by atoms with Gasteiger partial charge < -0.3 is 14.4 Å². The fourth-order valence-electron chi connectivity index (χ4n) is 4.10. The van der Waals surface area contributed by atoms with Gasteiger partial charge in [-0.1, -0.05) is 6.07 Å². The lowest BCUT2D eigenvalue weighted by atomic mass is 10.1. The van der Waals surface area contributed by atoms with Gasteiger partial charge in [0.25, 0.3) is 5.56 Å². The van der Waals surface area contributed by atoms with Crippen LogP contribution < -0.4 is 19.9 Å². The van der Waals surface area contributed by atoms with Crippen LogP contribution >= 0.6 is 0 Å². The highest BCUT2D eigenvalue weighted by molar-refractivity contribution is 7.89. The molecule has 1 aliphatic heterocycles. The number of benzene rings is 2. The van der Waals surface area contributed by atoms with Gasteiger partial charge in [-0.15, -0.1) is 5.10 Å². The Morgan fingerprint density at radius 1 is 0.829 bits per heavy atom. The summed E-state index contributed by atoms with van der Waals surface area (Å²) in [5.74, 6) is 1.47. The van der Waals surface area contributed by atoms with Gasteiger partial charge in [-0.3, -0.25) is 4.79 Å². The highest BCUT2D eigenvalue weighted by Crippen LogP contribution is 2.31. The number of aryl methyl sites for hydroxylation is 2. The Hall–Kier alpha value is -3.37. The van der Waals surface area contributed by atoms with Crippen molar-refractivity contribution in [3.05, 3.63) is 70.0 Å². The van der Waals surface area contributed by atoms with E-state index in [4.69, 9.17) is 9.47 Å². The highest BCUT2D eigenvalue weighted by atomic mass is 32.2. The SMILES string of the molecule is COc1ccc(S(=O)(=O)N2CCCN(c3ccc(=O)n(-c4ccc(C)c(C)c4)n3)CC2)cc1OC. The minimum absolute atomic E-state index is 0.157. The molecule has 0 saturated carbocycles. The molecule has 0 radical (unpaired) electrons. The van der Waals surface area contributed by atoms with E-state index in [0.717, 1.165) is 11.1 Å². The Morgan fingerprint density at radius 3 is 2.31 bits per heavy atom. The normalized spacial score (nSPS) is 15.0. The Morgan fingerprint density at radius 2 is 1.60 bits per heavy atom. The number of hydrogen-bond acceptors (Lipinski definition) is 7. The summed E-state index contributed by atoms with van der Waals surface area (Å²) in [6.07, 6.45) is 0.622. The van der Waals surface area contributed by atoms with Gasteiger partial charge in [0.05, 0.1) is 24.8 Å².